The first-order chi connectivity index (χ1) is 15.2. The van der Waals surface area contributed by atoms with Crippen molar-refractivity contribution >= 4 is 0 Å². The van der Waals surface area contributed by atoms with Crippen molar-refractivity contribution in [1.82, 2.24) is 24.7 Å². The summed E-state index contributed by atoms with van der Waals surface area (Å²) >= 11 is 0. The molecule has 4 aromatic rings. The summed E-state index contributed by atoms with van der Waals surface area (Å²) in [5.41, 5.74) is 2.56. The van der Waals surface area contributed by atoms with Crippen molar-refractivity contribution in [2.75, 3.05) is 13.7 Å². The predicted octanol–water partition coefficient (Wildman–Crippen LogP) is 3.59. The fourth-order valence-electron chi connectivity index (χ4n) is 3.19. The van der Waals surface area contributed by atoms with Crippen molar-refractivity contribution in [3.8, 4) is 40.3 Å². The smallest absolute Gasteiger partial charge is 0.258 e. The summed E-state index contributed by atoms with van der Waals surface area (Å²) in [5.74, 6) is 2.65. The van der Waals surface area contributed by atoms with Crippen LogP contribution < -0.4 is 18.9 Å². The molecule has 5 heterocycles. The molecule has 0 amide bonds. The summed E-state index contributed by atoms with van der Waals surface area (Å²) in [6.07, 6.45) is 8.35. The van der Waals surface area contributed by atoms with Gasteiger partial charge < -0.3 is 18.9 Å². The number of ether oxygens (including phenoxy) is 4. The normalized spacial score (nSPS) is 14.8. The third-order valence-electron chi connectivity index (χ3n) is 4.75. The van der Waals surface area contributed by atoms with E-state index in [1.54, 1.807) is 54.8 Å². The number of pyridine rings is 3. The van der Waals surface area contributed by atoms with Crippen LogP contribution in [0.3, 0.4) is 0 Å². The van der Waals surface area contributed by atoms with Crippen molar-refractivity contribution < 1.29 is 18.9 Å². The number of methoxy groups -OCH3 is 1. The monoisotopic (exact) mass is 417 g/mol. The Bertz CT molecular complexity index is 1210. The van der Waals surface area contributed by atoms with Gasteiger partial charge in [0, 0.05) is 55.0 Å². The SMILES string of the molecule is COc1ccc([C@H]2COc3cc(Oc4ccnc(-c5cnn(C)c5)c4)cnc3O2)cn1. The van der Waals surface area contributed by atoms with Gasteiger partial charge in [-0.15, -0.1) is 0 Å². The molecule has 0 aliphatic carbocycles. The van der Waals surface area contributed by atoms with Crippen LogP contribution in [-0.2, 0) is 7.05 Å². The molecular weight excluding hydrogens is 398 g/mol. The minimum atomic E-state index is -0.299. The molecule has 0 N–H and O–H groups in total. The van der Waals surface area contributed by atoms with Crippen LogP contribution in [0.1, 0.15) is 11.7 Å². The highest BCUT2D eigenvalue weighted by atomic mass is 16.6. The summed E-state index contributed by atoms with van der Waals surface area (Å²) < 4.78 is 24.6. The molecule has 9 nitrogen and oxygen atoms in total. The van der Waals surface area contributed by atoms with Crippen molar-refractivity contribution in [1.29, 1.82) is 0 Å². The van der Waals surface area contributed by atoms with E-state index in [1.807, 2.05) is 25.4 Å². The molecule has 1 aliphatic heterocycles. The van der Waals surface area contributed by atoms with Gasteiger partial charge in [-0.3, -0.25) is 9.67 Å². The van der Waals surface area contributed by atoms with Gasteiger partial charge in [-0.05, 0) is 12.1 Å². The average Bonchev–Trinajstić information content (AvgIpc) is 3.25. The van der Waals surface area contributed by atoms with Crippen molar-refractivity contribution in [3.63, 3.8) is 0 Å². The highest BCUT2D eigenvalue weighted by Crippen LogP contribution is 2.38. The lowest BCUT2D eigenvalue weighted by Crippen LogP contribution is -2.22. The first-order valence-electron chi connectivity index (χ1n) is 9.60. The van der Waals surface area contributed by atoms with Crippen LogP contribution in [0.25, 0.3) is 11.3 Å². The van der Waals surface area contributed by atoms with Crippen LogP contribution in [0.2, 0.25) is 0 Å². The fraction of sp³-hybridized carbons (Fsp3) is 0.182. The van der Waals surface area contributed by atoms with E-state index in [9.17, 15) is 0 Å². The zero-order chi connectivity index (χ0) is 21.2. The minimum Gasteiger partial charge on any atom is -0.484 e. The molecule has 0 unspecified atom stereocenters. The Morgan fingerprint density at radius 1 is 1.03 bits per heavy atom. The molecule has 31 heavy (non-hydrogen) atoms. The van der Waals surface area contributed by atoms with Gasteiger partial charge in [0.1, 0.15) is 18.1 Å². The minimum absolute atomic E-state index is 0.299. The Hall–Kier alpha value is -4.14. The topological polar surface area (TPSA) is 93.4 Å². The Morgan fingerprint density at radius 2 is 1.97 bits per heavy atom. The summed E-state index contributed by atoms with van der Waals surface area (Å²) in [5, 5.41) is 4.18. The van der Waals surface area contributed by atoms with Crippen LogP contribution >= 0.6 is 0 Å². The summed E-state index contributed by atoms with van der Waals surface area (Å²) in [6, 6.07) is 9.07. The van der Waals surface area contributed by atoms with E-state index in [2.05, 4.69) is 20.1 Å². The zero-order valence-corrected chi connectivity index (χ0v) is 16.9. The number of aryl methyl sites for hydroxylation is 1. The van der Waals surface area contributed by atoms with Gasteiger partial charge >= 0.3 is 0 Å². The standard InChI is InChI=1S/C22H19N5O4/c1-27-12-15(10-26-27)18-7-16(5-6-23-18)30-17-8-19-22(25-11-17)31-20(13-29-19)14-3-4-21(28-2)24-9-14/h3-12,20H,13H2,1-2H3/t20-/m1/s1. The van der Waals surface area contributed by atoms with Gasteiger partial charge in [-0.25, -0.2) is 9.97 Å². The van der Waals surface area contributed by atoms with Crippen molar-refractivity contribution in [3.05, 3.63) is 66.9 Å². The maximum Gasteiger partial charge on any atom is 0.258 e. The Kier molecular flexibility index (Phi) is 4.83. The quantitative estimate of drug-likeness (QED) is 0.486. The molecule has 0 saturated heterocycles. The van der Waals surface area contributed by atoms with E-state index < -0.39 is 0 Å². The Labute approximate surface area is 178 Å². The molecule has 0 radical (unpaired) electrons. The molecule has 5 rings (SSSR count). The second-order valence-electron chi connectivity index (χ2n) is 6.91. The van der Waals surface area contributed by atoms with Gasteiger partial charge in [0.25, 0.3) is 5.88 Å². The van der Waals surface area contributed by atoms with E-state index in [-0.39, 0.29) is 6.10 Å². The number of hydrogen-bond donors (Lipinski definition) is 0. The van der Waals surface area contributed by atoms with Crippen molar-refractivity contribution in [2.45, 2.75) is 6.10 Å². The summed E-state index contributed by atoms with van der Waals surface area (Å²) in [7, 11) is 3.44. The molecule has 1 aliphatic rings. The van der Waals surface area contributed by atoms with E-state index in [4.69, 9.17) is 18.9 Å². The molecule has 0 fully saturated rings. The second kappa shape index (κ2) is 7.94. The molecule has 0 bridgehead atoms. The summed E-state index contributed by atoms with van der Waals surface area (Å²) in [6.45, 7) is 0.340. The van der Waals surface area contributed by atoms with Crippen LogP contribution in [0.5, 0.6) is 29.0 Å². The summed E-state index contributed by atoms with van der Waals surface area (Å²) in [4.78, 5) is 12.9. The lowest BCUT2D eigenvalue weighted by molar-refractivity contribution is 0.0844. The van der Waals surface area contributed by atoms with Crippen LogP contribution in [-0.4, -0.2) is 38.4 Å². The number of hydrogen-bond acceptors (Lipinski definition) is 8. The van der Waals surface area contributed by atoms with Crippen molar-refractivity contribution in [2.24, 2.45) is 7.05 Å². The number of aromatic nitrogens is 5. The largest absolute Gasteiger partial charge is 0.484 e. The molecule has 4 aromatic heterocycles. The highest BCUT2D eigenvalue weighted by Gasteiger charge is 2.25. The van der Waals surface area contributed by atoms with Gasteiger partial charge in [-0.1, -0.05) is 0 Å². The highest BCUT2D eigenvalue weighted by molar-refractivity contribution is 5.59. The molecule has 0 spiro atoms. The Balaban J connectivity index is 1.31. The van der Waals surface area contributed by atoms with Gasteiger partial charge in [0.15, 0.2) is 11.9 Å². The molecular formula is C22H19N5O4. The van der Waals surface area contributed by atoms with E-state index >= 15 is 0 Å². The molecule has 9 heteroatoms. The van der Waals surface area contributed by atoms with Crippen LogP contribution in [0.15, 0.2) is 61.3 Å². The Morgan fingerprint density at radius 3 is 2.74 bits per heavy atom. The average molecular weight is 417 g/mol. The van der Waals surface area contributed by atoms with Gasteiger partial charge in [-0.2, -0.15) is 5.10 Å². The third kappa shape index (κ3) is 3.97. The molecule has 156 valence electrons. The van der Waals surface area contributed by atoms with Gasteiger partial charge in [0.05, 0.1) is 25.2 Å². The van der Waals surface area contributed by atoms with E-state index in [1.165, 1.54) is 0 Å². The molecule has 1 atom stereocenters. The van der Waals surface area contributed by atoms with E-state index in [0.717, 1.165) is 16.8 Å². The second-order valence-corrected chi connectivity index (χ2v) is 6.91. The maximum atomic E-state index is 5.98. The molecule has 0 aromatic carbocycles. The number of rotatable bonds is 5. The number of fused-ring (bicyclic) bond motifs is 1. The first-order valence-corrected chi connectivity index (χ1v) is 9.60. The first kappa shape index (κ1) is 18.9. The molecule has 0 saturated carbocycles. The fourth-order valence-corrected chi connectivity index (χ4v) is 3.19. The lowest BCUT2D eigenvalue weighted by Gasteiger charge is -2.25. The number of nitrogens with zero attached hydrogens (tertiary/aromatic N) is 5. The predicted molar refractivity (Wildman–Crippen MR) is 110 cm³/mol. The van der Waals surface area contributed by atoms with Crippen LogP contribution in [0, 0.1) is 0 Å². The maximum absolute atomic E-state index is 5.98. The van der Waals surface area contributed by atoms with E-state index in [0.29, 0.717) is 35.6 Å². The van der Waals surface area contributed by atoms with Gasteiger partial charge in [0.2, 0.25) is 5.88 Å². The third-order valence-corrected chi connectivity index (χ3v) is 4.75. The zero-order valence-electron chi connectivity index (χ0n) is 16.9. The van der Waals surface area contributed by atoms with Crippen LogP contribution in [0.4, 0.5) is 0 Å². The lowest BCUT2D eigenvalue weighted by atomic mass is 10.1.